The zero-order valence-electron chi connectivity index (χ0n) is 9.65. The van der Waals surface area contributed by atoms with Crippen molar-refractivity contribution in [3.8, 4) is 6.07 Å². The van der Waals surface area contributed by atoms with Gasteiger partial charge in [0.15, 0.2) is 0 Å². The van der Waals surface area contributed by atoms with Crippen LogP contribution in [0.5, 0.6) is 0 Å². The number of nitrogens with one attached hydrogen (secondary N) is 1. The number of hydrogen-bond donors (Lipinski definition) is 1. The van der Waals surface area contributed by atoms with Crippen LogP contribution in [-0.2, 0) is 7.05 Å². The summed E-state index contributed by atoms with van der Waals surface area (Å²) in [7, 11) is 1.96. The summed E-state index contributed by atoms with van der Waals surface area (Å²) in [5.41, 5.74) is 2.36. The third-order valence-corrected chi connectivity index (χ3v) is 2.46. The molecule has 2 aromatic rings. The molecule has 2 rings (SSSR count). The molecule has 4 nitrogen and oxygen atoms in total. The van der Waals surface area contributed by atoms with Crippen LogP contribution in [0.4, 0.5) is 5.69 Å². The molecular weight excluding hydrogens is 200 g/mol. The van der Waals surface area contributed by atoms with Crippen LogP contribution in [0.15, 0.2) is 24.5 Å². The monoisotopic (exact) mass is 214 g/mol. The Morgan fingerprint density at radius 3 is 2.88 bits per heavy atom. The Hall–Kier alpha value is -2.02. The molecule has 0 saturated heterocycles. The quantitative estimate of drug-likeness (QED) is 0.834. The van der Waals surface area contributed by atoms with Crippen molar-refractivity contribution in [2.75, 3.05) is 5.32 Å². The summed E-state index contributed by atoms with van der Waals surface area (Å²) in [4.78, 5) is 4.27. The SMILES string of the molecule is Cn1cnc2cc(NC(C)(C)C#N)ccc21. The van der Waals surface area contributed by atoms with Crippen LogP contribution in [0.1, 0.15) is 13.8 Å². The fourth-order valence-electron chi connectivity index (χ4n) is 1.60. The van der Waals surface area contributed by atoms with E-state index in [4.69, 9.17) is 5.26 Å². The largest absolute Gasteiger partial charge is 0.368 e. The average Bonchev–Trinajstić information content (AvgIpc) is 2.60. The molecule has 0 fully saturated rings. The highest BCUT2D eigenvalue weighted by molar-refractivity contribution is 5.79. The van der Waals surface area contributed by atoms with Crippen molar-refractivity contribution >= 4 is 16.7 Å². The second-order valence-corrected chi connectivity index (χ2v) is 4.42. The first-order chi connectivity index (χ1) is 7.52. The molecule has 16 heavy (non-hydrogen) atoms. The summed E-state index contributed by atoms with van der Waals surface area (Å²) >= 11 is 0. The van der Waals surface area contributed by atoms with Gasteiger partial charge < -0.3 is 9.88 Å². The molecule has 0 aliphatic heterocycles. The number of hydrogen-bond acceptors (Lipinski definition) is 3. The maximum Gasteiger partial charge on any atom is 0.119 e. The van der Waals surface area contributed by atoms with Gasteiger partial charge in [-0.15, -0.1) is 0 Å². The van der Waals surface area contributed by atoms with Crippen LogP contribution in [0.3, 0.4) is 0 Å². The normalized spacial score (nSPS) is 11.4. The lowest BCUT2D eigenvalue weighted by Gasteiger charge is -2.18. The molecule has 0 aliphatic rings. The Kier molecular flexibility index (Phi) is 2.31. The lowest BCUT2D eigenvalue weighted by atomic mass is 10.1. The second kappa shape index (κ2) is 3.53. The van der Waals surface area contributed by atoms with E-state index in [1.54, 1.807) is 6.33 Å². The first-order valence-electron chi connectivity index (χ1n) is 5.12. The van der Waals surface area contributed by atoms with E-state index in [2.05, 4.69) is 16.4 Å². The minimum absolute atomic E-state index is 0.567. The maximum absolute atomic E-state index is 8.94. The van der Waals surface area contributed by atoms with E-state index < -0.39 is 5.54 Å². The number of aryl methyl sites for hydroxylation is 1. The minimum Gasteiger partial charge on any atom is -0.368 e. The number of fused-ring (bicyclic) bond motifs is 1. The van der Waals surface area contributed by atoms with Crippen LogP contribution >= 0.6 is 0 Å². The predicted molar refractivity (Wildman–Crippen MR) is 64.0 cm³/mol. The van der Waals surface area contributed by atoms with Crippen molar-refractivity contribution in [1.82, 2.24) is 9.55 Å². The van der Waals surface area contributed by atoms with Crippen molar-refractivity contribution in [2.24, 2.45) is 7.05 Å². The smallest absolute Gasteiger partial charge is 0.119 e. The molecule has 0 bridgehead atoms. The van der Waals surface area contributed by atoms with E-state index in [0.717, 1.165) is 16.7 Å². The summed E-state index contributed by atoms with van der Waals surface area (Å²) in [6, 6.07) is 8.12. The molecule has 1 heterocycles. The summed E-state index contributed by atoms with van der Waals surface area (Å²) < 4.78 is 1.97. The topological polar surface area (TPSA) is 53.6 Å². The molecule has 0 saturated carbocycles. The first-order valence-corrected chi connectivity index (χ1v) is 5.12. The van der Waals surface area contributed by atoms with Gasteiger partial charge in [-0.3, -0.25) is 0 Å². The molecular formula is C12H14N4. The van der Waals surface area contributed by atoms with Crippen LogP contribution in [0.25, 0.3) is 11.0 Å². The van der Waals surface area contributed by atoms with E-state index in [-0.39, 0.29) is 0 Å². The zero-order chi connectivity index (χ0) is 11.8. The van der Waals surface area contributed by atoms with Gasteiger partial charge in [0, 0.05) is 12.7 Å². The van der Waals surface area contributed by atoms with E-state index in [1.807, 2.05) is 43.7 Å². The van der Waals surface area contributed by atoms with Crippen LogP contribution in [0, 0.1) is 11.3 Å². The molecule has 0 spiro atoms. The molecule has 1 aromatic carbocycles. The predicted octanol–water partition coefficient (Wildman–Crippen LogP) is 2.29. The van der Waals surface area contributed by atoms with E-state index in [0.29, 0.717) is 0 Å². The highest BCUT2D eigenvalue weighted by atomic mass is 15.0. The third kappa shape index (κ3) is 1.84. The molecule has 82 valence electrons. The van der Waals surface area contributed by atoms with E-state index >= 15 is 0 Å². The summed E-state index contributed by atoms with van der Waals surface area (Å²) in [5, 5.41) is 12.1. The van der Waals surface area contributed by atoms with Gasteiger partial charge in [0.1, 0.15) is 5.54 Å². The Labute approximate surface area is 94.5 Å². The number of nitriles is 1. The molecule has 0 amide bonds. The van der Waals surface area contributed by atoms with Crippen molar-refractivity contribution in [2.45, 2.75) is 19.4 Å². The maximum atomic E-state index is 8.94. The fourth-order valence-corrected chi connectivity index (χ4v) is 1.60. The number of imidazole rings is 1. The van der Waals surface area contributed by atoms with Crippen molar-refractivity contribution < 1.29 is 0 Å². The summed E-state index contributed by atoms with van der Waals surface area (Å²) in [6.07, 6.45) is 1.78. The molecule has 0 unspecified atom stereocenters. The lowest BCUT2D eigenvalue weighted by Crippen LogP contribution is -2.28. The number of benzene rings is 1. The average molecular weight is 214 g/mol. The molecule has 1 N–H and O–H groups in total. The van der Waals surface area contributed by atoms with Gasteiger partial charge in [0.25, 0.3) is 0 Å². The summed E-state index contributed by atoms with van der Waals surface area (Å²) in [6.45, 7) is 3.69. The minimum atomic E-state index is -0.567. The van der Waals surface area contributed by atoms with Gasteiger partial charge >= 0.3 is 0 Å². The third-order valence-electron chi connectivity index (χ3n) is 2.46. The number of nitrogens with zero attached hydrogens (tertiary/aromatic N) is 3. The van der Waals surface area contributed by atoms with Crippen molar-refractivity contribution in [3.05, 3.63) is 24.5 Å². The van der Waals surface area contributed by atoms with Crippen molar-refractivity contribution in [1.29, 1.82) is 5.26 Å². The van der Waals surface area contributed by atoms with Crippen molar-refractivity contribution in [3.63, 3.8) is 0 Å². The van der Waals surface area contributed by atoms with Crippen LogP contribution < -0.4 is 5.32 Å². The van der Waals surface area contributed by atoms with Crippen LogP contribution in [-0.4, -0.2) is 15.1 Å². The highest BCUT2D eigenvalue weighted by Crippen LogP contribution is 2.20. The molecule has 4 heteroatoms. The van der Waals surface area contributed by atoms with Gasteiger partial charge in [-0.25, -0.2) is 4.98 Å². The number of aromatic nitrogens is 2. The molecule has 0 atom stereocenters. The second-order valence-electron chi connectivity index (χ2n) is 4.42. The zero-order valence-corrected chi connectivity index (χ0v) is 9.65. The molecule has 0 radical (unpaired) electrons. The lowest BCUT2D eigenvalue weighted by molar-refractivity contribution is 0.729. The van der Waals surface area contributed by atoms with Gasteiger partial charge in [0.2, 0.25) is 0 Å². The molecule has 1 aromatic heterocycles. The van der Waals surface area contributed by atoms with Gasteiger partial charge in [-0.05, 0) is 32.0 Å². The fraction of sp³-hybridized carbons (Fsp3) is 0.333. The first kappa shape index (κ1) is 10.5. The summed E-state index contributed by atoms with van der Waals surface area (Å²) in [5.74, 6) is 0. The van der Waals surface area contributed by atoms with Crippen LogP contribution in [0.2, 0.25) is 0 Å². The standard InChI is InChI=1S/C12H14N4/c1-12(2,7-13)15-9-4-5-11-10(6-9)14-8-16(11)3/h4-6,8,15H,1-3H3. The van der Waals surface area contributed by atoms with E-state index in [1.165, 1.54) is 0 Å². The Balaban J connectivity index is 2.38. The Morgan fingerprint density at radius 2 is 2.19 bits per heavy atom. The number of rotatable bonds is 2. The van der Waals surface area contributed by atoms with E-state index in [9.17, 15) is 0 Å². The highest BCUT2D eigenvalue weighted by Gasteiger charge is 2.15. The Bertz CT molecular complexity index is 560. The van der Waals surface area contributed by atoms with Gasteiger partial charge in [-0.2, -0.15) is 5.26 Å². The number of anilines is 1. The van der Waals surface area contributed by atoms with Gasteiger partial charge in [0.05, 0.1) is 23.4 Å². The van der Waals surface area contributed by atoms with Gasteiger partial charge in [-0.1, -0.05) is 0 Å². The molecule has 0 aliphatic carbocycles. The Morgan fingerprint density at radius 1 is 1.44 bits per heavy atom.